The summed E-state index contributed by atoms with van der Waals surface area (Å²) < 4.78 is 11.9. The monoisotopic (exact) mass is 551 g/mol. The molecule has 7 atom stereocenters. The lowest BCUT2D eigenvalue weighted by atomic mass is 9.60. The summed E-state index contributed by atoms with van der Waals surface area (Å²) in [5.74, 6) is 2.31. The lowest BCUT2D eigenvalue weighted by molar-refractivity contribution is -0.151. The SMILES string of the molecule is C=C1C(=CC=C2CCC[C@]3(C)[C@@H]([C@H](C)CC[C@@H](OC(=O)CC)C4(c5nc(C)co5)CC4)CC[C@@H]23)C[C@@H](O)C[C@@H]1O. The molecule has 2 N–H and O–H groups in total. The van der Waals surface area contributed by atoms with Gasteiger partial charge in [-0.15, -0.1) is 0 Å². The molecule has 1 aromatic rings. The van der Waals surface area contributed by atoms with Crippen molar-refractivity contribution in [3.63, 3.8) is 0 Å². The van der Waals surface area contributed by atoms with Gasteiger partial charge < -0.3 is 19.4 Å². The summed E-state index contributed by atoms with van der Waals surface area (Å²) in [6.07, 6.45) is 15.9. The van der Waals surface area contributed by atoms with Crippen LogP contribution in [0.4, 0.5) is 0 Å². The number of esters is 1. The predicted molar refractivity (Wildman–Crippen MR) is 155 cm³/mol. The molecule has 0 bridgehead atoms. The van der Waals surface area contributed by atoms with Gasteiger partial charge in [0, 0.05) is 12.8 Å². The Labute approximate surface area is 240 Å². The minimum Gasteiger partial charge on any atom is -0.461 e. The van der Waals surface area contributed by atoms with Crippen LogP contribution in [0.2, 0.25) is 0 Å². The molecule has 40 heavy (non-hydrogen) atoms. The summed E-state index contributed by atoms with van der Waals surface area (Å²) >= 11 is 0. The number of hydrogen-bond donors (Lipinski definition) is 2. The summed E-state index contributed by atoms with van der Waals surface area (Å²) in [7, 11) is 0. The van der Waals surface area contributed by atoms with Crippen LogP contribution in [0.5, 0.6) is 0 Å². The molecular formula is C34H49NO5. The Morgan fingerprint density at radius 3 is 2.70 bits per heavy atom. The molecular weight excluding hydrogens is 502 g/mol. The molecule has 6 nitrogen and oxygen atoms in total. The van der Waals surface area contributed by atoms with Crippen LogP contribution in [-0.4, -0.2) is 39.5 Å². The van der Waals surface area contributed by atoms with Gasteiger partial charge in [0.1, 0.15) is 12.4 Å². The van der Waals surface area contributed by atoms with E-state index < -0.39 is 12.2 Å². The number of rotatable bonds is 9. The van der Waals surface area contributed by atoms with E-state index in [9.17, 15) is 15.0 Å². The highest BCUT2D eigenvalue weighted by molar-refractivity contribution is 5.69. The first kappa shape index (κ1) is 29.3. The van der Waals surface area contributed by atoms with E-state index >= 15 is 0 Å². The van der Waals surface area contributed by atoms with Gasteiger partial charge in [0.15, 0.2) is 0 Å². The largest absolute Gasteiger partial charge is 0.461 e. The summed E-state index contributed by atoms with van der Waals surface area (Å²) in [5, 5.41) is 20.4. The second-order valence-electron chi connectivity index (χ2n) is 13.5. The summed E-state index contributed by atoms with van der Waals surface area (Å²) in [6, 6.07) is 0. The first-order chi connectivity index (χ1) is 19.1. The van der Waals surface area contributed by atoms with Gasteiger partial charge in [-0.25, -0.2) is 4.98 Å². The number of aromatic nitrogens is 1. The Balaban J connectivity index is 1.28. The van der Waals surface area contributed by atoms with E-state index in [0.717, 1.165) is 54.8 Å². The molecule has 0 amide bonds. The van der Waals surface area contributed by atoms with Gasteiger partial charge in [-0.05, 0) is 105 Å². The zero-order chi connectivity index (χ0) is 28.7. The van der Waals surface area contributed by atoms with Crippen molar-refractivity contribution in [3.8, 4) is 0 Å². The number of fused-ring (bicyclic) bond motifs is 1. The first-order valence-electron chi connectivity index (χ1n) is 15.6. The van der Waals surface area contributed by atoms with Crippen LogP contribution in [0.25, 0.3) is 0 Å². The number of aliphatic hydroxyl groups excluding tert-OH is 2. The summed E-state index contributed by atoms with van der Waals surface area (Å²) in [5.41, 5.74) is 4.12. The van der Waals surface area contributed by atoms with Crippen molar-refractivity contribution in [2.75, 3.05) is 0 Å². The molecule has 0 unspecified atom stereocenters. The number of ether oxygens (including phenoxy) is 1. The normalized spacial score (nSPS) is 35.0. The van der Waals surface area contributed by atoms with E-state index in [1.54, 1.807) is 6.26 Å². The molecule has 0 radical (unpaired) electrons. The molecule has 4 aliphatic rings. The van der Waals surface area contributed by atoms with E-state index in [4.69, 9.17) is 9.15 Å². The topological polar surface area (TPSA) is 92.8 Å². The van der Waals surface area contributed by atoms with Gasteiger partial charge in [0.25, 0.3) is 0 Å². The highest BCUT2D eigenvalue weighted by Crippen LogP contribution is 2.60. The zero-order valence-electron chi connectivity index (χ0n) is 25.0. The standard InChI is InChI=1S/C34H49NO5/c1-6-31(38)40-30(34(16-17-34)32-35-22(3)20-39-32)14-9-21(2)27-12-13-28-24(8-7-15-33(27,28)5)10-11-25-18-26(36)19-29(37)23(25)4/h10-11,20-21,26-30,36-37H,4,6-9,12-19H2,1-3,5H3/t21-,26-,27-,28+,29+,30-,33-/m1/s1. The molecule has 4 aliphatic carbocycles. The van der Waals surface area contributed by atoms with Crippen molar-refractivity contribution in [1.29, 1.82) is 0 Å². The number of allylic oxidation sites excluding steroid dienone is 3. The molecule has 5 rings (SSSR count). The molecule has 6 heteroatoms. The molecule has 1 aromatic heterocycles. The Morgan fingerprint density at radius 2 is 2.02 bits per heavy atom. The lowest BCUT2D eigenvalue weighted by Crippen LogP contribution is -2.37. The van der Waals surface area contributed by atoms with Crippen LogP contribution < -0.4 is 0 Å². The van der Waals surface area contributed by atoms with E-state index in [-0.39, 0.29) is 22.9 Å². The van der Waals surface area contributed by atoms with Gasteiger partial charge in [0.2, 0.25) is 5.89 Å². The van der Waals surface area contributed by atoms with Crippen molar-refractivity contribution in [3.05, 3.63) is 53.3 Å². The van der Waals surface area contributed by atoms with Gasteiger partial charge >= 0.3 is 5.97 Å². The number of carbonyl (C=O) groups excluding carboxylic acids is 1. The van der Waals surface area contributed by atoms with Crippen LogP contribution >= 0.6 is 0 Å². The molecule has 1 heterocycles. The van der Waals surface area contributed by atoms with Crippen molar-refractivity contribution in [2.24, 2.45) is 23.2 Å². The number of hydrogen-bond acceptors (Lipinski definition) is 6. The molecule has 0 spiro atoms. The Kier molecular flexibility index (Phi) is 8.50. The van der Waals surface area contributed by atoms with Crippen molar-refractivity contribution in [2.45, 2.75) is 128 Å². The van der Waals surface area contributed by atoms with E-state index in [2.05, 4.69) is 37.6 Å². The van der Waals surface area contributed by atoms with Crippen molar-refractivity contribution in [1.82, 2.24) is 4.98 Å². The summed E-state index contributed by atoms with van der Waals surface area (Å²) in [4.78, 5) is 17.1. The number of carbonyl (C=O) groups is 1. The van der Waals surface area contributed by atoms with Gasteiger partial charge in [-0.3, -0.25) is 4.79 Å². The smallest absolute Gasteiger partial charge is 0.305 e. The average Bonchev–Trinajstić information content (AvgIpc) is 3.48. The van der Waals surface area contributed by atoms with Gasteiger partial charge in [-0.2, -0.15) is 0 Å². The maximum atomic E-state index is 12.4. The average molecular weight is 552 g/mol. The second-order valence-corrected chi connectivity index (χ2v) is 13.5. The van der Waals surface area contributed by atoms with E-state index in [0.29, 0.717) is 37.0 Å². The third kappa shape index (κ3) is 5.63. The van der Waals surface area contributed by atoms with E-state index in [1.165, 1.54) is 31.3 Å². The Morgan fingerprint density at radius 1 is 1.25 bits per heavy atom. The highest BCUT2D eigenvalue weighted by atomic mass is 16.5. The maximum absolute atomic E-state index is 12.4. The highest BCUT2D eigenvalue weighted by Gasteiger charge is 2.57. The van der Waals surface area contributed by atoms with E-state index in [1.807, 2.05) is 13.8 Å². The van der Waals surface area contributed by atoms with Crippen LogP contribution in [0.1, 0.15) is 109 Å². The molecule has 0 saturated heterocycles. The fourth-order valence-corrected chi connectivity index (χ4v) is 8.38. The second kappa shape index (κ2) is 11.6. The first-order valence-corrected chi connectivity index (χ1v) is 15.6. The number of oxazole rings is 1. The van der Waals surface area contributed by atoms with Crippen LogP contribution in [0.3, 0.4) is 0 Å². The van der Waals surface area contributed by atoms with Crippen LogP contribution in [0, 0.1) is 30.1 Å². The number of aryl methyl sites for hydroxylation is 1. The number of nitrogens with zero attached hydrogens (tertiary/aromatic N) is 1. The predicted octanol–water partition coefficient (Wildman–Crippen LogP) is 6.89. The Bertz CT molecular complexity index is 1160. The third-order valence-electron chi connectivity index (χ3n) is 10.9. The molecule has 220 valence electrons. The number of aliphatic hydroxyl groups is 2. The van der Waals surface area contributed by atoms with Crippen LogP contribution in [0.15, 0.2) is 46.1 Å². The zero-order valence-corrected chi connectivity index (χ0v) is 25.0. The molecule has 4 saturated carbocycles. The maximum Gasteiger partial charge on any atom is 0.305 e. The lowest BCUT2D eigenvalue weighted by Gasteiger charge is -2.44. The quantitative estimate of drug-likeness (QED) is 0.325. The molecule has 4 fully saturated rings. The summed E-state index contributed by atoms with van der Waals surface area (Å²) in [6.45, 7) is 12.8. The van der Waals surface area contributed by atoms with Crippen molar-refractivity contribution < 1.29 is 24.2 Å². The Hall–Kier alpha value is -2.18. The van der Waals surface area contributed by atoms with Gasteiger partial charge in [-0.1, -0.05) is 45.1 Å². The molecule has 0 aromatic carbocycles. The van der Waals surface area contributed by atoms with Gasteiger partial charge in [0.05, 0.1) is 23.3 Å². The van der Waals surface area contributed by atoms with Crippen LogP contribution in [-0.2, 0) is 14.9 Å². The minimum atomic E-state index is -0.649. The fraction of sp³-hybridized carbons (Fsp3) is 0.706. The minimum absolute atomic E-state index is 0.142. The fourth-order valence-electron chi connectivity index (χ4n) is 8.38. The molecule has 0 aliphatic heterocycles. The van der Waals surface area contributed by atoms with Crippen molar-refractivity contribution >= 4 is 5.97 Å². The third-order valence-corrected chi connectivity index (χ3v) is 10.9.